The van der Waals surface area contributed by atoms with Crippen molar-refractivity contribution in [1.29, 1.82) is 0 Å². The standard InChI is InChI=1S/C16H28N4O/c1-5-21-12-6-11-18-15(20-17)19-14-9-7-13(8-10-14)16(2,3)4/h7-10H,5-6,11-12,17H2,1-4H3,(H2,18,19,20). The predicted molar refractivity (Wildman–Crippen MR) is 89.5 cm³/mol. The van der Waals surface area contributed by atoms with E-state index in [4.69, 9.17) is 10.6 Å². The molecule has 0 spiro atoms. The van der Waals surface area contributed by atoms with Gasteiger partial charge in [0.05, 0.1) is 0 Å². The van der Waals surface area contributed by atoms with Gasteiger partial charge >= 0.3 is 0 Å². The van der Waals surface area contributed by atoms with Crippen molar-refractivity contribution in [2.75, 3.05) is 25.1 Å². The molecule has 0 saturated heterocycles. The molecular formula is C16H28N4O. The minimum atomic E-state index is 0.154. The van der Waals surface area contributed by atoms with E-state index < -0.39 is 0 Å². The molecule has 5 nitrogen and oxygen atoms in total. The number of hydrazine groups is 1. The van der Waals surface area contributed by atoms with Crippen molar-refractivity contribution in [1.82, 2.24) is 5.43 Å². The number of anilines is 1. The molecule has 1 aromatic carbocycles. The minimum absolute atomic E-state index is 0.154. The van der Waals surface area contributed by atoms with Crippen LogP contribution in [0.3, 0.4) is 0 Å². The fourth-order valence-electron chi connectivity index (χ4n) is 1.81. The summed E-state index contributed by atoms with van der Waals surface area (Å²) in [6, 6.07) is 8.30. The Bertz CT molecular complexity index is 435. The molecule has 1 aromatic rings. The van der Waals surface area contributed by atoms with Crippen molar-refractivity contribution in [2.24, 2.45) is 10.8 Å². The fourth-order valence-corrected chi connectivity index (χ4v) is 1.81. The maximum absolute atomic E-state index is 5.49. The summed E-state index contributed by atoms with van der Waals surface area (Å²) in [5.41, 5.74) is 5.00. The number of nitrogens with two attached hydrogens (primary N) is 1. The lowest BCUT2D eigenvalue weighted by atomic mass is 9.87. The number of nitrogens with zero attached hydrogens (tertiary/aromatic N) is 1. The number of rotatable bonds is 6. The summed E-state index contributed by atoms with van der Waals surface area (Å²) >= 11 is 0. The number of ether oxygens (including phenoxy) is 1. The van der Waals surface area contributed by atoms with Crippen molar-refractivity contribution in [2.45, 2.75) is 39.5 Å². The van der Waals surface area contributed by atoms with Crippen LogP contribution >= 0.6 is 0 Å². The van der Waals surface area contributed by atoms with E-state index in [1.807, 2.05) is 19.1 Å². The normalized spacial score (nSPS) is 12.3. The minimum Gasteiger partial charge on any atom is -0.382 e. The number of benzene rings is 1. The van der Waals surface area contributed by atoms with E-state index >= 15 is 0 Å². The summed E-state index contributed by atoms with van der Waals surface area (Å²) in [6.45, 7) is 10.7. The van der Waals surface area contributed by atoms with Crippen LogP contribution in [0.4, 0.5) is 5.69 Å². The molecule has 0 aliphatic carbocycles. The van der Waals surface area contributed by atoms with Crippen LogP contribution in [0.2, 0.25) is 0 Å². The van der Waals surface area contributed by atoms with Gasteiger partial charge in [-0.15, -0.1) is 0 Å². The molecule has 0 amide bonds. The van der Waals surface area contributed by atoms with Gasteiger partial charge in [0, 0.05) is 25.4 Å². The van der Waals surface area contributed by atoms with E-state index in [0.29, 0.717) is 12.5 Å². The number of hydrogen-bond donors (Lipinski definition) is 3. The third-order valence-electron chi connectivity index (χ3n) is 3.07. The summed E-state index contributed by atoms with van der Waals surface area (Å²) in [5.74, 6) is 6.05. The molecule has 4 N–H and O–H groups in total. The van der Waals surface area contributed by atoms with E-state index in [1.54, 1.807) is 0 Å². The third-order valence-corrected chi connectivity index (χ3v) is 3.07. The highest BCUT2D eigenvalue weighted by molar-refractivity contribution is 5.93. The maximum atomic E-state index is 5.49. The van der Waals surface area contributed by atoms with Gasteiger partial charge in [0.25, 0.3) is 0 Å². The van der Waals surface area contributed by atoms with Crippen LogP contribution in [0.5, 0.6) is 0 Å². The Kier molecular flexibility index (Phi) is 7.19. The Balaban J connectivity index is 2.55. The first-order valence-corrected chi connectivity index (χ1v) is 7.43. The number of hydrogen-bond acceptors (Lipinski definition) is 3. The van der Waals surface area contributed by atoms with Gasteiger partial charge < -0.3 is 10.1 Å². The first-order valence-electron chi connectivity index (χ1n) is 7.43. The monoisotopic (exact) mass is 292 g/mol. The van der Waals surface area contributed by atoms with Gasteiger partial charge in [0.1, 0.15) is 0 Å². The molecule has 21 heavy (non-hydrogen) atoms. The number of nitrogens with one attached hydrogen (secondary N) is 2. The van der Waals surface area contributed by atoms with Crippen LogP contribution in [0, 0.1) is 0 Å². The Morgan fingerprint density at radius 3 is 2.43 bits per heavy atom. The molecule has 118 valence electrons. The molecular weight excluding hydrogens is 264 g/mol. The van der Waals surface area contributed by atoms with Crippen molar-refractivity contribution in [3.05, 3.63) is 29.8 Å². The molecule has 0 heterocycles. The second-order valence-electron chi connectivity index (χ2n) is 5.88. The van der Waals surface area contributed by atoms with E-state index in [-0.39, 0.29) is 5.41 Å². The molecule has 0 radical (unpaired) electrons. The second-order valence-corrected chi connectivity index (χ2v) is 5.88. The summed E-state index contributed by atoms with van der Waals surface area (Å²) in [7, 11) is 0. The Labute approximate surface area is 127 Å². The predicted octanol–water partition coefficient (Wildman–Crippen LogP) is 2.64. The van der Waals surface area contributed by atoms with E-state index in [1.165, 1.54) is 5.56 Å². The quantitative estimate of drug-likeness (QED) is 0.248. The smallest absolute Gasteiger partial charge is 0.210 e. The van der Waals surface area contributed by atoms with Crippen LogP contribution < -0.4 is 16.6 Å². The lowest BCUT2D eigenvalue weighted by molar-refractivity contribution is 0.146. The second kappa shape index (κ2) is 8.64. The zero-order chi connectivity index (χ0) is 15.7. The summed E-state index contributed by atoms with van der Waals surface area (Å²) < 4.78 is 5.27. The zero-order valence-electron chi connectivity index (χ0n) is 13.6. The highest BCUT2D eigenvalue weighted by Gasteiger charge is 2.12. The van der Waals surface area contributed by atoms with Crippen molar-refractivity contribution < 1.29 is 4.74 Å². The highest BCUT2D eigenvalue weighted by atomic mass is 16.5. The van der Waals surface area contributed by atoms with E-state index in [0.717, 1.165) is 25.3 Å². The lowest BCUT2D eigenvalue weighted by Crippen LogP contribution is -2.36. The molecule has 1 rings (SSSR count). The van der Waals surface area contributed by atoms with Gasteiger partial charge in [0.15, 0.2) is 0 Å². The topological polar surface area (TPSA) is 71.7 Å². The molecule has 0 aliphatic heterocycles. The van der Waals surface area contributed by atoms with E-state index in [9.17, 15) is 0 Å². The largest absolute Gasteiger partial charge is 0.382 e. The first kappa shape index (κ1) is 17.5. The van der Waals surface area contributed by atoms with Gasteiger partial charge in [-0.1, -0.05) is 32.9 Å². The highest BCUT2D eigenvalue weighted by Crippen LogP contribution is 2.23. The Hall–Kier alpha value is -1.59. The Morgan fingerprint density at radius 1 is 1.24 bits per heavy atom. The van der Waals surface area contributed by atoms with Gasteiger partial charge in [-0.05, 0) is 36.5 Å². The molecule has 0 unspecified atom stereocenters. The first-order chi connectivity index (χ1) is 9.97. The summed E-state index contributed by atoms with van der Waals surface area (Å²) in [5, 5.41) is 3.17. The van der Waals surface area contributed by atoms with Gasteiger partial charge in [-0.25, -0.2) is 5.84 Å². The third kappa shape index (κ3) is 6.60. The molecule has 0 aliphatic rings. The molecule has 0 atom stereocenters. The fraction of sp³-hybridized carbons (Fsp3) is 0.562. The van der Waals surface area contributed by atoms with Gasteiger partial charge in [0.2, 0.25) is 5.96 Å². The summed E-state index contributed by atoms with van der Waals surface area (Å²) in [4.78, 5) is 4.37. The molecule has 0 saturated carbocycles. The Morgan fingerprint density at radius 2 is 1.90 bits per heavy atom. The molecule has 0 fully saturated rings. The van der Waals surface area contributed by atoms with Crippen molar-refractivity contribution in [3.8, 4) is 0 Å². The van der Waals surface area contributed by atoms with Crippen LogP contribution in [0.1, 0.15) is 39.7 Å². The van der Waals surface area contributed by atoms with E-state index in [2.05, 4.69) is 48.6 Å². The number of guanidine groups is 1. The van der Waals surface area contributed by atoms with Crippen molar-refractivity contribution in [3.63, 3.8) is 0 Å². The number of aliphatic imine (C=N–C) groups is 1. The van der Waals surface area contributed by atoms with Gasteiger partial charge in [-0.3, -0.25) is 10.4 Å². The molecule has 0 bridgehead atoms. The average molecular weight is 292 g/mol. The van der Waals surface area contributed by atoms with Crippen LogP contribution in [-0.4, -0.2) is 25.7 Å². The molecule has 5 heteroatoms. The van der Waals surface area contributed by atoms with Crippen molar-refractivity contribution >= 4 is 11.6 Å². The maximum Gasteiger partial charge on any atom is 0.210 e. The van der Waals surface area contributed by atoms with Crippen LogP contribution in [-0.2, 0) is 10.2 Å². The van der Waals surface area contributed by atoms with Gasteiger partial charge in [-0.2, -0.15) is 0 Å². The molecule has 0 aromatic heterocycles. The van der Waals surface area contributed by atoms with Crippen LogP contribution in [0.15, 0.2) is 29.3 Å². The summed E-state index contributed by atoms with van der Waals surface area (Å²) in [6.07, 6.45) is 0.879. The lowest BCUT2D eigenvalue weighted by Gasteiger charge is -2.19. The zero-order valence-corrected chi connectivity index (χ0v) is 13.6. The van der Waals surface area contributed by atoms with Crippen LogP contribution in [0.25, 0.3) is 0 Å². The SMILES string of the molecule is CCOCCCN=C(NN)Nc1ccc(C(C)(C)C)cc1. The average Bonchev–Trinajstić information content (AvgIpc) is 2.45.